The molecule has 37 heavy (non-hydrogen) atoms. The molecule has 0 saturated carbocycles. The molecular formula is C11H17FN5Na4O13P3. The number of alkyl halides is 1. The number of rotatable bonds is 8. The zero-order chi connectivity index (χ0) is 25.0. The zero-order valence-corrected chi connectivity index (χ0v) is 30.8. The van der Waals surface area contributed by atoms with E-state index in [1.165, 1.54) is 0 Å². The van der Waals surface area contributed by atoms with E-state index in [0.717, 1.165) is 17.8 Å². The third-order valence-electron chi connectivity index (χ3n) is 4.24. The van der Waals surface area contributed by atoms with Gasteiger partial charge in [0.05, 0.1) is 12.9 Å². The first-order valence-electron chi connectivity index (χ1n) is 8.45. The molecule has 2 aromatic rings. The first kappa shape index (κ1) is 41.5. The number of phosphoric ester groups is 1. The van der Waals surface area contributed by atoms with Crippen LogP contribution in [0.15, 0.2) is 11.1 Å². The summed E-state index contributed by atoms with van der Waals surface area (Å²) < 4.78 is 66.9. The Morgan fingerprint density at radius 1 is 1.16 bits per heavy atom. The molecule has 2 aromatic heterocycles. The number of anilines is 1. The molecule has 0 spiro atoms. The van der Waals surface area contributed by atoms with Gasteiger partial charge in [0.15, 0.2) is 23.1 Å². The van der Waals surface area contributed by atoms with Gasteiger partial charge in [-0.05, 0) is 6.92 Å². The number of phosphoric acid groups is 3. The van der Waals surface area contributed by atoms with Crippen LogP contribution in [0.1, 0.15) is 13.2 Å². The topological polar surface area (TPSA) is 279 Å². The number of nitrogens with two attached hydrogens (primary N) is 1. The largest absolute Gasteiger partial charge is 0.490 e. The Morgan fingerprint density at radius 2 is 1.73 bits per heavy atom. The zero-order valence-electron chi connectivity index (χ0n) is 20.2. The minimum absolute atomic E-state index is 0. The summed E-state index contributed by atoms with van der Waals surface area (Å²) in [6.45, 7) is -0.209. The van der Waals surface area contributed by atoms with Crippen molar-refractivity contribution in [1.82, 2.24) is 19.5 Å². The minimum atomic E-state index is -5.77. The van der Waals surface area contributed by atoms with Crippen LogP contribution in [0.2, 0.25) is 0 Å². The number of aliphatic hydroxyl groups is 1. The number of hydrogen-bond donors (Lipinski definition) is 7. The van der Waals surface area contributed by atoms with Gasteiger partial charge in [0.25, 0.3) is 5.56 Å². The molecule has 190 valence electrons. The van der Waals surface area contributed by atoms with Crippen LogP contribution in [-0.4, -0.2) is 187 Å². The molecule has 18 nitrogen and oxygen atoms in total. The number of nitrogens with one attached hydrogen (secondary N) is 1. The Labute approximate surface area is 295 Å². The predicted molar refractivity (Wildman–Crippen MR) is 125 cm³/mol. The maximum absolute atomic E-state index is 15.3. The number of nitrogens with zero attached hydrogens (tertiary/aromatic N) is 3. The standard InChI is InChI=1S/C11H17FN5O13P3.4Na/c1-11(12)6(18)4(2-27-32(23,24)30-33(25,26)29-31(20,21)22)28-9(11)17-3-14-5-7(17)15-10(13)16-8(5)19;;;;/h3-4,6,9,18H,2H2,1H3,(H,23,24)(H,25,26)(H2,20,21,22)(H3,13,15,16,19);;;;/t4-,6-,9-,11-;;;;/m1..../s1. The Morgan fingerprint density at radius 3 is 2.27 bits per heavy atom. The quantitative estimate of drug-likeness (QED) is 0.117. The van der Waals surface area contributed by atoms with E-state index >= 15 is 4.39 Å². The van der Waals surface area contributed by atoms with Crippen molar-refractivity contribution in [3.63, 3.8) is 0 Å². The van der Waals surface area contributed by atoms with Gasteiger partial charge >= 0.3 is 23.5 Å². The fourth-order valence-corrected chi connectivity index (χ4v) is 5.97. The Kier molecular flexibility index (Phi) is 17.1. The summed E-state index contributed by atoms with van der Waals surface area (Å²) in [7, 11) is -16.9. The second-order valence-corrected chi connectivity index (χ2v) is 11.2. The van der Waals surface area contributed by atoms with Crippen LogP contribution < -0.4 is 11.3 Å². The van der Waals surface area contributed by atoms with Gasteiger partial charge in [-0.25, -0.2) is 23.1 Å². The second-order valence-electron chi connectivity index (χ2n) is 6.78. The molecule has 4 radical (unpaired) electrons. The van der Waals surface area contributed by atoms with E-state index in [4.69, 9.17) is 25.2 Å². The van der Waals surface area contributed by atoms with Gasteiger partial charge in [0, 0.05) is 118 Å². The molecule has 0 aromatic carbocycles. The third-order valence-corrected chi connectivity index (χ3v) is 8.04. The van der Waals surface area contributed by atoms with Crippen molar-refractivity contribution in [2.45, 2.75) is 31.0 Å². The van der Waals surface area contributed by atoms with Crippen molar-refractivity contribution < 1.29 is 60.6 Å². The molecule has 0 amide bonds. The summed E-state index contributed by atoms with van der Waals surface area (Å²) in [4.78, 5) is 57.3. The Bertz CT molecular complexity index is 1280. The fourth-order valence-electron chi connectivity index (χ4n) is 2.94. The van der Waals surface area contributed by atoms with Gasteiger partial charge < -0.3 is 35.2 Å². The number of hydrogen-bond acceptors (Lipinski definition) is 12. The number of aromatic amines is 1. The van der Waals surface area contributed by atoms with Gasteiger partial charge in [-0.2, -0.15) is 13.6 Å². The van der Waals surface area contributed by atoms with Crippen molar-refractivity contribution in [3.8, 4) is 0 Å². The summed E-state index contributed by atoms with van der Waals surface area (Å²) in [5.74, 6) is -0.322. The van der Waals surface area contributed by atoms with Crippen LogP contribution in [0.4, 0.5) is 10.3 Å². The molecule has 8 N–H and O–H groups in total. The van der Waals surface area contributed by atoms with E-state index in [0.29, 0.717) is 0 Å². The van der Waals surface area contributed by atoms with E-state index in [1.54, 1.807) is 0 Å². The number of nitrogen functional groups attached to an aromatic ring is 1. The summed E-state index contributed by atoms with van der Waals surface area (Å²) in [5.41, 5.74) is 1.69. The number of imidazole rings is 1. The number of fused-ring (bicyclic) bond motifs is 1. The molecule has 26 heteroatoms. The van der Waals surface area contributed by atoms with Crippen molar-refractivity contribution >= 4 is 159 Å². The summed E-state index contributed by atoms with van der Waals surface area (Å²) in [6.07, 6.45) is -4.43. The summed E-state index contributed by atoms with van der Waals surface area (Å²) in [6, 6.07) is 0. The average Bonchev–Trinajstić information content (AvgIpc) is 3.10. The number of H-pyrrole nitrogens is 1. The summed E-state index contributed by atoms with van der Waals surface area (Å²) in [5, 5.41) is 10.3. The van der Waals surface area contributed by atoms with Crippen molar-refractivity contribution in [2.24, 2.45) is 0 Å². The summed E-state index contributed by atoms with van der Waals surface area (Å²) >= 11 is 0. The monoisotopic (exact) mass is 631 g/mol. The number of ether oxygens (including phenoxy) is 1. The second kappa shape index (κ2) is 15.2. The van der Waals surface area contributed by atoms with Crippen LogP contribution in [0, 0.1) is 0 Å². The molecule has 2 unspecified atom stereocenters. The van der Waals surface area contributed by atoms with Gasteiger partial charge in [-0.1, -0.05) is 0 Å². The molecule has 1 fully saturated rings. The van der Waals surface area contributed by atoms with Gasteiger partial charge in [0.2, 0.25) is 5.95 Å². The van der Waals surface area contributed by atoms with E-state index < -0.39 is 59.7 Å². The molecule has 3 heterocycles. The van der Waals surface area contributed by atoms with E-state index in [9.17, 15) is 28.5 Å². The number of aromatic nitrogens is 4. The number of aliphatic hydroxyl groups excluding tert-OH is 1. The van der Waals surface area contributed by atoms with Crippen LogP contribution in [0.5, 0.6) is 0 Å². The van der Waals surface area contributed by atoms with Crippen molar-refractivity contribution in [2.75, 3.05) is 12.3 Å². The van der Waals surface area contributed by atoms with Crippen LogP contribution in [0.25, 0.3) is 11.2 Å². The maximum atomic E-state index is 15.3. The van der Waals surface area contributed by atoms with Crippen LogP contribution in [-0.2, 0) is 31.6 Å². The van der Waals surface area contributed by atoms with Crippen LogP contribution in [0.3, 0.4) is 0 Å². The van der Waals surface area contributed by atoms with E-state index in [-0.39, 0.29) is 135 Å². The van der Waals surface area contributed by atoms with Gasteiger partial charge in [0.1, 0.15) is 12.2 Å². The SMILES string of the molecule is C[C@@]1(F)[C@H](O)[C@@H](COP(=O)(O)OP(=O)(O)OP(=O)(O)O)O[C@H]1n1cnc2c(=O)[nH]c(N)nc21.[Na].[Na].[Na].[Na]. The maximum Gasteiger partial charge on any atom is 0.490 e. The molecule has 0 bridgehead atoms. The number of halogens is 1. The molecule has 1 aliphatic rings. The molecule has 1 saturated heterocycles. The third kappa shape index (κ3) is 10.6. The van der Waals surface area contributed by atoms with Crippen LogP contribution >= 0.6 is 23.5 Å². The molecule has 6 atom stereocenters. The molecule has 1 aliphatic heterocycles. The molecule has 0 aliphatic carbocycles. The fraction of sp³-hybridized carbons (Fsp3) is 0.545. The van der Waals surface area contributed by atoms with Gasteiger partial charge in [-0.15, -0.1) is 0 Å². The van der Waals surface area contributed by atoms with E-state index in [2.05, 4.69) is 28.1 Å². The van der Waals surface area contributed by atoms with Crippen molar-refractivity contribution in [1.29, 1.82) is 0 Å². The van der Waals surface area contributed by atoms with E-state index in [1.807, 2.05) is 0 Å². The molecule has 3 rings (SSSR count). The van der Waals surface area contributed by atoms with Gasteiger partial charge in [-0.3, -0.25) is 18.9 Å². The smallest absolute Gasteiger partial charge is 0.387 e. The van der Waals surface area contributed by atoms with Crippen molar-refractivity contribution in [3.05, 3.63) is 16.7 Å². The first-order valence-corrected chi connectivity index (χ1v) is 13.0. The Hall–Kier alpha value is 2.41. The predicted octanol–water partition coefficient (Wildman–Crippen LogP) is -2.49. The first-order chi connectivity index (χ1) is 14.9. The molecular weight excluding hydrogens is 614 g/mol. The minimum Gasteiger partial charge on any atom is -0.387 e. The average molecular weight is 631 g/mol. The normalized spacial score (nSPS) is 26.5. The Balaban J connectivity index is 0.